The number of carbonyl (C=O) groups is 1. The highest BCUT2D eigenvalue weighted by molar-refractivity contribution is 6.00. The fraction of sp³-hybridized carbons (Fsp3) is 0.412. The Hall–Kier alpha value is -2.34. The van der Waals surface area contributed by atoms with Crippen LogP contribution in [0.15, 0.2) is 30.5 Å². The van der Waals surface area contributed by atoms with Gasteiger partial charge in [0.05, 0.1) is 37.2 Å². The number of nitrogens with zero attached hydrogens (tertiary/aromatic N) is 1. The molecule has 0 bridgehead atoms. The fourth-order valence-corrected chi connectivity index (χ4v) is 2.41. The van der Waals surface area contributed by atoms with Crippen LogP contribution in [0.3, 0.4) is 0 Å². The molecule has 3 N–H and O–H groups in total. The predicted molar refractivity (Wildman–Crippen MR) is 88.4 cm³/mol. The molecule has 0 unspecified atom stereocenters. The lowest BCUT2D eigenvalue weighted by Crippen LogP contribution is -2.41. The predicted octanol–water partition coefficient (Wildman–Crippen LogP) is 2.22. The third-order valence-electron chi connectivity index (χ3n) is 4.10. The maximum absolute atomic E-state index is 12.6. The van der Waals surface area contributed by atoms with Gasteiger partial charge in [0.1, 0.15) is 5.75 Å². The molecule has 1 aromatic heterocycles. The summed E-state index contributed by atoms with van der Waals surface area (Å²) < 4.78 is 5.34. The number of nitrogens with one attached hydrogen (secondary N) is 2. The van der Waals surface area contributed by atoms with Crippen molar-refractivity contribution >= 4 is 5.91 Å². The Kier molecular flexibility index (Phi) is 5.76. The minimum Gasteiger partial charge on any atom is -0.496 e. The largest absolute Gasteiger partial charge is 0.496 e. The van der Waals surface area contributed by atoms with E-state index in [4.69, 9.17) is 4.74 Å². The van der Waals surface area contributed by atoms with Crippen LogP contribution in [0.5, 0.6) is 5.75 Å². The summed E-state index contributed by atoms with van der Waals surface area (Å²) in [6.45, 7) is 3.93. The number of hydrogen-bond acceptors (Lipinski definition) is 4. The van der Waals surface area contributed by atoms with E-state index in [1.54, 1.807) is 7.11 Å². The molecule has 23 heavy (non-hydrogen) atoms. The highest BCUT2D eigenvalue weighted by Gasteiger charge is 2.22. The second-order valence-electron chi connectivity index (χ2n) is 5.51. The Morgan fingerprint density at radius 1 is 1.43 bits per heavy atom. The zero-order chi connectivity index (χ0) is 16.8. The number of rotatable bonds is 7. The average Bonchev–Trinajstić information content (AvgIpc) is 3.08. The lowest BCUT2D eigenvalue weighted by Gasteiger charge is -2.22. The zero-order valence-electron chi connectivity index (χ0n) is 13.7. The van der Waals surface area contributed by atoms with Gasteiger partial charge in [-0.05, 0) is 18.1 Å². The number of aliphatic hydroxyl groups is 1. The van der Waals surface area contributed by atoms with E-state index in [1.807, 2.05) is 38.1 Å². The van der Waals surface area contributed by atoms with Crippen LogP contribution < -0.4 is 10.1 Å². The molecule has 0 saturated heterocycles. The molecule has 0 aliphatic carbocycles. The van der Waals surface area contributed by atoms with Crippen LogP contribution in [-0.4, -0.2) is 41.0 Å². The maximum Gasteiger partial charge on any atom is 0.255 e. The standard InChI is InChI=1S/C17H23N3O3/c1-4-11(2)14(10-21)19-17(22)13-9-18-20-16(13)12-7-5-6-8-15(12)23-3/h5-9,11,14,21H,4,10H2,1-3H3,(H,18,20)(H,19,22)/t11-,14-/m1/s1. The van der Waals surface area contributed by atoms with Crippen LogP contribution in [0.1, 0.15) is 30.6 Å². The van der Waals surface area contributed by atoms with Crippen molar-refractivity contribution < 1.29 is 14.6 Å². The number of hydrogen-bond donors (Lipinski definition) is 3. The van der Waals surface area contributed by atoms with E-state index < -0.39 is 0 Å². The topological polar surface area (TPSA) is 87.2 Å². The molecular weight excluding hydrogens is 294 g/mol. The van der Waals surface area contributed by atoms with Crippen molar-refractivity contribution in [2.75, 3.05) is 13.7 Å². The van der Waals surface area contributed by atoms with Gasteiger partial charge in [0.15, 0.2) is 0 Å². The van der Waals surface area contributed by atoms with Gasteiger partial charge in [-0.1, -0.05) is 32.4 Å². The highest BCUT2D eigenvalue weighted by Crippen LogP contribution is 2.30. The number of aromatic nitrogens is 2. The van der Waals surface area contributed by atoms with Crippen LogP contribution in [0.2, 0.25) is 0 Å². The molecule has 2 atom stereocenters. The van der Waals surface area contributed by atoms with Crippen LogP contribution in [0.4, 0.5) is 0 Å². The molecule has 6 nitrogen and oxygen atoms in total. The lowest BCUT2D eigenvalue weighted by molar-refractivity contribution is 0.0892. The minimum absolute atomic E-state index is 0.0947. The Balaban J connectivity index is 2.28. The monoisotopic (exact) mass is 317 g/mol. The van der Waals surface area contributed by atoms with Gasteiger partial charge in [0.25, 0.3) is 5.91 Å². The van der Waals surface area contributed by atoms with Gasteiger partial charge in [-0.2, -0.15) is 5.10 Å². The quantitative estimate of drug-likeness (QED) is 0.731. The molecule has 0 spiro atoms. The van der Waals surface area contributed by atoms with E-state index >= 15 is 0 Å². The zero-order valence-corrected chi connectivity index (χ0v) is 13.7. The summed E-state index contributed by atoms with van der Waals surface area (Å²) in [5.74, 6) is 0.580. The molecular formula is C17H23N3O3. The van der Waals surface area contributed by atoms with Gasteiger partial charge < -0.3 is 15.2 Å². The molecule has 0 saturated carbocycles. The molecule has 1 amide bonds. The summed E-state index contributed by atoms with van der Waals surface area (Å²) in [6.07, 6.45) is 2.36. The maximum atomic E-state index is 12.6. The van der Waals surface area contributed by atoms with Crippen molar-refractivity contribution in [1.82, 2.24) is 15.5 Å². The van der Waals surface area contributed by atoms with Crippen molar-refractivity contribution in [3.8, 4) is 17.0 Å². The van der Waals surface area contributed by atoms with Crippen LogP contribution >= 0.6 is 0 Å². The van der Waals surface area contributed by atoms with Crippen LogP contribution in [0.25, 0.3) is 11.3 Å². The molecule has 2 rings (SSSR count). The second kappa shape index (κ2) is 7.78. The van der Waals surface area contributed by atoms with Gasteiger partial charge in [-0.25, -0.2) is 0 Å². The normalized spacial score (nSPS) is 13.4. The Morgan fingerprint density at radius 3 is 2.83 bits per heavy atom. The third kappa shape index (κ3) is 3.71. The number of benzene rings is 1. The van der Waals surface area contributed by atoms with E-state index in [1.165, 1.54) is 6.20 Å². The number of methoxy groups -OCH3 is 1. The van der Waals surface area contributed by atoms with E-state index in [9.17, 15) is 9.90 Å². The lowest BCUT2D eigenvalue weighted by atomic mass is 9.99. The summed E-state index contributed by atoms with van der Waals surface area (Å²) in [4.78, 5) is 12.6. The van der Waals surface area contributed by atoms with E-state index in [0.29, 0.717) is 17.0 Å². The summed E-state index contributed by atoms with van der Waals surface area (Å²) in [7, 11) is 1.58. The Labute approximate surface area is 135 Å². The minimum atomic E-state index is -0.284. The van der Waals surface area contributed by atoms with E-state index in [0.717, 1.165) is 12.0 Å². The number of ether oxygens (including phenoxy) is 1. The van der Waals surface area contributed by atoms with Crippen molar-refractivity contribution in [1.29, 1.82) is 0 Å². The first-order valence-electron chi connectivity index (χ1n) is 7.70. The van der Waals surface area contributed by atoms with E-state index in [-0.39, 0.29) is 24.5 Å². The summed E-state index contributed by atoms with van der Waals surface area (Å²) >= 11 is 0. The average molecular weight is 317 g/mol. The van der Waals surface area contributed by atoms with Crippen LogP contribution in [0, 0.1) is 5.92 Å². The van der Waals surface area contributed by atoms with Gasteiger partial charge in [-0.15, -0.1) is 0 Å². The van der Waals surface area contributed by atoms with Crippen molar-refractivity contribution in [2.45, 2.75) is 26.3 Å². The fourth-order valence-electron chi connectivity index (χ4n) is 2.41. The molecule has 0 aliphatic rings. The van der Waals surface area contributed by atoms with Gasteiger partial charge >= 0.3 is 0 Å². The molecule has 124 valence electrons. The van der Waals surface area contributed by atoms with Crippen molar-refractivity contribution in [3.63, 3.8) is 0 Å². The van der Waals surface area contributed by atoms with Crippen LogP contribution in [-0.2, 0) is 0 Å². The van der Waals surface area contributed by atoms with Gasteiger partial charge in [-0.3, -0.25) is 9.89 Å². The molecule has 6 heteroatoms. The summed E-state index contributed by atoms with van der Waals surface area (Å²) in [5, 5.41) is 19.2. The SMILES string of the molecule is CC[C@@H](C)[C@@H](CO)NC(=O)c1cn[nH]c1-c1ccccc1OC. The molecule has 0 fully saturated rings. The Bertz CT molecular complexity index is 654. The Morgan fingerprint density at radius 2 is 2.17 bits per heavy atom. The molecule has 2 aromatic rings. The number of aromatic amines is 1. The van der Waals surface area contributed by atoms with Crippen molar-refractivity contribution in [2.24, 2.45) is 5.92 Å². The summed E-state index contributed by atoms with van der Waals surface area (Å²) in [6, 6.07) is 7.14. The molecule has 0 aliphatic heterocycles. The number of H-pyrrole nitrogens is 1. The molecule has 1 aromatic carbocycles. The third-order valence-corrected chi connectivity index (χ3v) is 4.10. The van der Waals surface area contributed by atoms with Gasteiger partial charge in [0, 0.05) is 5.56 Å². The number of aliphatic hydroxyl groups excluding tert-OH is 1. The van der Waals surface area contributed by atoms with Gasteiger partial charge in [0.2, 0.25) is 0 Å². The number of para-hydroxylation sites is 1. The molecule has 0 radical (unpaired) electrons. The number of carbonyl (C=O) groups excluding carboxylic acids is 1. The van der Waals surface area contributed by atoms with E-state index in [2.05, 4.69) is 15.5 Å². The summed E-state index contributed by atoms with van der Waals surface area (Å²) in [5.41, 5.74) is 1.79. The highest BCUT2D eigenvalue weighted by atomic mass is 16.5. The second-order valence-corrected chi connectivity index (χ2v) is 5.51. The first-order chi connectivity index (χ1) is 11.1. The smallest absolute Gasteiger partial charge is 0.255 e. The van der Waals surface area contributed by atoms with Crippen molar-refractivity contribution in [3.05, 3.63) is 36.0 Å². The first kappa shape index (κ1) is 17.0. The molecule has 1 heterocycles. The first-order valence-corrected chi connectivity index (χ1v) is 7.70. The number of amides is 1.